The standard InChI is InChI=1S/C32H27N3O5/c36-30(19-10-12-20(13-11-19)32(38)39)34-22-14-15-27-24(16-22)25(31(37)35-27)17-29-26(18-33-21-6-2-1-3-7-21)23-8-4-5-9-28(23)40-29/h1-3,6-7,10-17,33H,4-5,8-9,18H2,(H,34,36)(H,35,37)(H,38,39). The molecule has 40 heavy (non-hydrogen) atoms. The van der Waals surface area contributed by atoms with E-state index in [2.05, 4.69) is 16.0 Å². The highest BCUT2D eigenvalue weighted by Crippen LogP contribution is 2.38. The van der Waals surface area contributed by atoms with Crippen LogP contribution in [0.1, 0.15) is 61.8 Å². The predicted octanol–water partition coefficient (Wildman–Crippen LogP) is 6.21. The Hall–Kier alpha value is -5.11. The number of aromatic carboxylic acids is 1. The largest absolute Gasteiger partial charge is 0.478 e. The van der Waals surface area contributed by atoms with Crippen molar-refractivity contribution in [2.45, 2.75) is 32.2 Å². The molecule has 2 amide bonds. The van der Waals surface area contributed by atoms with E-state index in [0.29, 0.717) is 40.4 Å². The average Bonchev–Trinajstić information content (AvgIpc) is 3.48. The van der Waals surface area contributed by atoms with Crippen molar-refractivity contribution in [1.82, 2.24) is 0 Å². The molecule has 3 aromatic carbocycles. The van der Waals surface area contributed by atoms with Crippen LogP contribution in [0.15, 0.2) is 77.2 Å². The molecule has 0 saturated heterocycles. The van der Waals surface area contributed by atoms with E-state index in [0.717, 1.165) is 42.7 Å². The van der Waals surface area contributed by atoms with Gasteiger partial charge in [0.15, 0.2) is 0 Å². The van der Waals surface area contributed by atoms with Gasteiger partial charge in [0, 0.05) is 46.7 Å². The Morgan fingerprint density at radius 3 is 2.45 bits per heavy atom. The molecule has 1 aliphatic heterocycles. The normalized spacial score (nSPS) is 14.8. The van der Waals surface area contributed by atoms with Crippen LogP contribution in [0.3, 0.4) is 0 Å². The first kappa shape index (κ1) is 25.2. The summed E-state index contributed by atoms with van der Waals surface area (Å²) in [5.41, 5.74) is 6.01. The summed E-state index contributed by atoms with van der Waals surface area (Å²) >= 11 is 0. The molecule has 0 fully saturated rings. The van der Waals surface area contributed by atoms with E-state index < -0.39 is 5.97 Å². The fourth-order valence-electron chi connectivity index (χ4n) is 5.22. The molecule has 0 saturated carbocycles. The highest BCUT2D eigenvalue weighted by molar-refractivity contribution is 6.35. The number of amides is 2. The van der Waals surface area contributed by atoms with Gasteiger partial charge in [0.05, 0.1) is 11.1 Å². The number of carbonyl (C=O) groups excluding carboxylic acids is 2. The lowest BCUT2D eigenvalue weighted by atomic mass is 9.94. The summed E-state index contributed by atoms with van der Waals surface area (Å²) in [5, 5.41) is 18.3. The number of carboxylic acids is 1. The number of furan rings is 1. The number of carboxylic acid groups (broad SMARTS) is 1. The summed E-state index contributed by atoms with van der Waals surface area (Å²) < 4.78 is 6.32. The minimum absolute atomic E-state index is 0.103. The van der Waals surface area contributed by atoms with Gasteiger partial charge in [-0.3, -0.25) is 9.59 Å². The fourth-order valence-corrected chi connectivity index (χ4v) is 5.22. The molecule has 1 aromatic heterocycles. The van der Waals surface area contributed by atoms with Crippen molar-refractivity contribution >= 4 is 46.5 Å². The van der Waals surface area contributed by atoms with Crippen LogP contribution in [0.25, 0.3) is 11.6 Å². The van der Waals surface area contributed by atoms with Crippen molar-refractivity contribution in [3.05, 3.63) is 112 Å². The lowest BCUT2D eigenvalue weighted by molar-refractivity contribution is -0.110. The van der Waals surface area contributed by atoms with Gasteiger partial charge in [-0.15, -0.1) is 0 Å². The molecule has 1 aliphatic carbocycles. The van der Waals surface area contributed by atoms with Crippen LogP contribution in [0.5, 0.6) is 0 Å². The molecule has 2 aliphatic rings. The summed E-state index contributed by atoms with van der Waals surface area (Å²) in [6.07, 6.45) is 5.81. The Labute approximate surface area is 230 Å². The summed E-state index contributed by atoms with van der Waals surface area (Å²) in [4.78, 5) is 36.9. The molecule has 4 N–H and O–H groups in total. The van der Waals surface area contributed by atoms with Gasteiger partial charge < -0.3 is 25.5 Å². The quantitative estimate of drug-likeness (QED) is 0.210. The van der Waals surface area contributed by atoms with Gasteiger partial charge in [-0.25, -0.2) is 4.79 Å². The van der Waals surface area contributed by atoms with Crippen LogP contribution in [0.4, 0.5) is 17.1 Å². The zero-order valence-corrected chi connectivity index (χ0v) is 21.6. The molecule has 0 unspecified atom stereocenters. The van der Waals surface area contributed by atoms with Gasteiger partial charge in [0.25, 0.3) is 11.8 Å². The van der Waals surface area contributed by atoms with Gasteiger partial charge >= 0.3 is 5.97 Å². The molecule has 8 nitrogen and oxygen atoms in total. The first-order valence-corrected chi connectivity index (χ1v) is 13.2. The van der Waals surface area contributed by atoms with Crippen LogP contribution in [-0.2, 0) is 24.2 Å². The molecule has 200 valence electrons. The number of benzene rings is 3. The minimum atomic E-state index is -1.06. The van der Waals surface area contributed by atoms with E-state index in [9.17, 15) is 14.4 Å². The number of rotatable bonds is 7. The Morgan fingerprint density at radius 1 is 0.925 bits per heavy atom. The molecular formula is C32H27N3O5. The Morgan fingerprint density at radius 2 is 1.68 bits per heavy atom. The zero-order valence-electron chi connectivity index (χ0n) is 21.6. The zero-order chi connectivity index (χ0) is 27.6. The van der Waals surface area contributed by atoms with Crippen LogP contribution in [0, 0.1) is 0 Å². The third-order valence-electron chi connectivity index (χ3n) is 7.29. The van der Waals surface area contributed by atoms with Crippen molar-refractivity contribution < 1.29 is 23.9 Å². The first-order valence-electron chi connectivity index (χ1n) is 13.2. The highest BCUT2D eigenvalue weighted by Gasteiger charge is 2.28. The van der Waals surface area contributed by atoms with E-state index in [1.165, 1.54) is 29.8 Å². The van der Waals surface area contributed by atoms with Gasteiger partial charge in [0.1, 0.15) is 11.5 Å². The van der Waals surface area contributed by atoms with Crippen LogP contribution in [-0.4, -0.2) is 22.9 Å². The number of hydrogen-bond acceptors (Lipinski definition) is 5. The van der Waals surface area contributed by atoms with Gasteiger partial charge in [-0.1, -0.05) is 18.2 Å². The number of aryl methyl sites for hydroxylation is 1. The van der Waals surface area contributed by atoms with Gasteiger partial charge in [-0.2, -0.15) is 0 Å². The Balaban J connectivity index is 1.29. The lowest BCUT2D eigenvalue weighted by Crippen LogP contribution is -2.12. The third kappa shape index (κ3) is 4.99. The van der Waals surface area contributed by atoms with E-state index in [-0.39, 0.29) is 17.4 Å². The molecular weight excluding hydrogens is 506 g/mol. The molecule has 8 heteroatoms. The maximum Gasteiger partial charge on any atom is 0.335 e. The van der Waals surface area contributed by atoms with Crippen molar-refractivity contribution in [3.63, 3.8) is 0 Å². The number of nitrogens with one attached hydrogen (secondary N) is 3. The van der Waals surface area contributed by atoms with Crippen molar-refractivity contribution in [3.8, 4) is 0 Å². The summed E-state index contributed by atoms with van der Waals surface area (Å²) in [6, 6.07) is 20.9. The summed E-state index contributed by atoms with van der Waals surface area (Å²) in [5.74, 6) is -0.0250. The molecule has 0 spiro atoms. The van der Waals surface area contributed by atoms with Crippen molar-refractivity contribution in [2.24, 2.45) is 0 Å². The van der Waals surface area contributed by atoms with Crippen LogP contribution < -0.4 is 16.0 Å². The minimum Gasteiger partial charge on any atom is -0.478 e. The van der Waals surface area contributed by atoms with E-state index in [4.69, 9.17) is 9.52 Å². The van der Waals surface area contributed by atoms with Gasteiger partial charge in [0.2, 0.25) is 0 Å². The maximum atomic E-state index is 13.0. The SMILES string of the molecule is O=C1Nc2ccc(NC(=O)c3ccc(C(=O)O)cc3)cc2C1=Cc1oc2c(c1CNc1ccccc1)CCCC2. The van der Waals surface area contributed by atoms with E-state index in [1.807, 2.05) is 30.3 Å². The smallest absolute Gasteiger partial charge is 0.335 e. The number of para-hydroxylation sites is 1. The molecule has 0 radical (unpaired) electrons. The van der Waals surface area contributed by atoms with Crippen LogP contribution >= 0.6 is 0 Å². The second kappa shape index (κ2) is 10.6. The Bertz CT molecular complexity index is 1650. The fraction of sp³-hybridized carbons (Fsp3) is 0.156. The lowest BCUT2D eigenvalue weighted by Gasteiger charge is -2.12. The van der Waals surface area contributed by atoms with Crippen LogP contribution in [0.2, 0.25) is 0 Å². The predicted molar refractivity (Wildman–Crippen MR) is 153 cm³/mol. The number of carbonyl (C=O) groups is 3. The van der Waals surface area contributed by atoms with Crippen molar-refractivity contribution in [1.29, 1.82) is 0 Å². The number of hydrogen-bond donors (Lipinski definition) is 4. The van der Waals surface area contributed by atoms with E-state index in [1.54, 1.807) is 24.3 Å². The second-order valence-corrected chi connectivity index (χ2v) is 9.88. The Kier molecular flexibility index (Phi) is 6.66. The monoisotopic (exact) mass is 533 g/mol. The number of anilines is 3. The first-order chi connectivity index (χ1) is 19.5. The molecule has 2 heterocycles. The highest BCUT2D eigenvalue weighted by atomic mass is 16.4. The summed E-state index contributed by atoms with van der Waals surface area (Å²) in [6.45, 7) is 0.577. The maximum absolute atomic E-state index is 13.0. The molecule has 0 bridgehead atoms. The average molecular weight is 534 g/mol. The molecule has 0 atom stereocenters. The third-order valence-corrected chi connectivity index (χ3v) is 7.29. The summed E-state index contributed by atoms with van der Waals surface area (Å²) in [7, 11) is 0. The van der Waals surface area contributed by atoms with Gasteiger partial charge in [-0.05, 0) is 85.5 Å². The van der Waals surface area contributed by atoms with E-state index >= 15 is 0 Å². The second-order valence-electron chi connectivity index (χ2n) is 9.88. The topological polar surface area (TPSA) is 121 Å². The molecule has 6 rings (SSSR count). The number of fused-ring (bicyclic) bond motifs is 2. The molecule has 4 aromatic rings. The van der Waals surface area contributed by atoms with Crippen molar-refractivity contribution in [2.75, 3.05) is 16.0 Å².